The van der Waals surface area contributed by atoms with Crippen LogP contribution < -0.4 is 0 Å². The van der Waals surface area contributed by atoms with E-state index in [1.807, 2.05) is 0 Å². The van der Waals surface area contributed by atoms with Gasteiger partial charge in [-0.3, -0.25) is 10.4 Å². The van der Waals surface area contributed by atoms with Crippen LogP contribution >= 0.6 is 0 Å². The Bertz CT molecular complexity index is 455. The number of allylic oxidation sites excluding steroid dienone is 2. The minimum Gasteiger partial charge on any atom is -0.462 e. The van der Waals surface area contributed by atoms with Crippen LogP contribution in [0.5, 0.6) is 0 Å². The summed E-state index contributed by atoms with van der Waals surface area (Å²) < 4.78 is 4.92. The fraction of sp³-hybridized carbons (Fsp3) is 0.533. The normalized spacial score (nSPS) is 22.5. The predicted octanol–water partition coefficient (Wildman–Crippen LogP) is 2.84. The van der Waals surface area contributed by atoms with Gasteiger partial charge in [-0.25, -0.2) is 4.79 Å². The van der Waals surface area contributed by atoms with Gasteiger partial charge in [-0.1, -0.05) is 19.3 Å². The second-order valence-electron chi connectivity index (χ2n) is 4.87. The van der Waals surface area contributed by atoms with Crippen molar-refractivity contribution in [1.29, 1.82) is 5.41 Å². The average molecular weight is 260 g/mol. The van der Waals surface area contributed by atoms with Crippen molar-refractivity contribution in [3.8, 4) is 0 Å². The lowest BCUT2D eigenvalue weighted by atomic mass is 9.95. The number of nitrogens with one attached hydrogen (secondary N) is 1. The van der Waals surface area contributed by atoms with Crippen molar-refractivity contribution in [2.75, 3.05) is 6.61 Å². The molecule has 102 valence electrons. The van der Waals surface area contributed by atoms with Crippen LogP contribution in [0.15, 0.2) is 28.8 Å². The minimum absolute atomic E-state index is 0.302. The second-order valence-corrected chi connectivity index (χ2v) is 4.87. The molecule has 4 nitrogen and oxygen atoms in total. The van der Waals surface area contributed by atoms with E-state index in [2.05, 4.69) is 4.99 Å². The van der Waals surface area contributed by atoms with Crippen molar-refractivity contribution in [1.82, 2.24) is 0 Å². The molecule has 4 heteroatoms. The van der Waals surface area contributed by atoms with Crippen LogP contribution in [0.3, 0.4) is 0 Å². The van der Waals surface area contributed by atoms with Crippen LogP contribution in [0.1, 0.15) is 39.0 Å². The largest absolute Gasteiger partial charge is 0.462 e. The highest BCUT2D eigenvalue weighted by Crippen LogP contribution is 2.21. The highest BCUT2D eigenvalue weighted by Gasteiger charge is 2.17. The maximum Gasteiger partial charge on any atom is 0.338 e. The number of carbonyl (C=O) groups is 1. The lowest BCUT2D eigenvalue weighted by molar-refractivity contribution is -0.138. The Hall–Kier alpha value is -1.71. The van der Waals surface area contributed by atoms with E-state index >= 15 is 0 Å². The summed E-state index contributed by atoms with van der Waals surface area (Å²) in [5.41, 5.74) is 1.41. The van der Waals surface area contributed by atoms with Crippen LogP contribution in [-0.4, -0.2) is 30.0 Å². The average Bonchev–Trinajstić information content (AvgIpc) is 2.42. The third-order valence-electron chi connectivity index (χ3n) is 3.40. The molecule has 0 amide bonds. The summed E-state index contributed by atoms with van der Waals surface area (Å²) in [7, 11) is 0. The summed E-state index contributed by atoms with van der Waals surface area (Å²) in [6, 6.07) is 0.339. The van der Waals surface area contributed by atoms with Crippen LogP contribution in [0.4, 0.5) is 0 Å². The maximum atomic E-state index is 11.6. The number of esters is 1. The highest BCUT2D eigenvalue weighted by atomic mass is 16.5. The fourth-order valence-corrected chi connectivity index (χ4v) is 2.40. The molecule has 1 N–H and O–H groups in total. The number of ether oxygens (including phenoxy) is 1. The number of hydrogen-bond donors (Lipinski definition) is 1. The van der Waals surface area contributed by atoms with Gasteiger partial charge in [0, 0.05) is 0 Å². The van der Waals surface area contributed by atoms with E-state index in [9.17, 15) is 4.79 Å². The molecule has 0 atom stereocenters. The zero-order chi connectivity index (χ0) is 13.7. The standard InChI is InChI=1S/C15H20N2O2/c1-2-19-15(18)11-8-9-14(13(16)10-11)17-12-6-4-3-5-7-12/h8-10,12,16H,2-7H2,1H3/b16-13?,17-14-. The topological polar surface area (TPSA) is 62.5 Å². The Morgan fingerprint density at radius 1 is 1.37 bits per heavy atom. The summed E-state index contributed by atoms with van der Waals surface area (Å²) in [6.45, 7) is 2.12. The summed E-state index contributed by atoms with van der Waals surface area (Å²) in [5.74, 6) is -0.375. The van der Waals surface area contributed by atoms with Gasteiger partial charge in [0.1, 0.15) is 0 Å². The minimum atomic E-state index is -0.375. The third kappa shape index (κ3) is 3.63. The SMILES string of the molecule is CCOC(=O)C1=CC(=N)/C(=N\C2CCCCC2)C=C1. The predicted molar refractivity (Wildman–Crippen MR) is 75.9 cm³/mol. The van der Waals surface area contributed by atoms with Crippen LogP contribution in [-0.2, 0) is 9.53 Å². The molecule has 0 aromatic carbocycles. The van der Waals surface area contributed by atoms with Crippen molar-refractivity contribution < 1.29 is 9.53 Å². The highest BCUT2D eigenvalue weighted by molar-refractivity contribution is 6.50. The van der Waals surface area contributed by atoms with E-state index in [0.717, 1.165) is 12.8 Å². The van der Waals surface area contributed by atoms with E-state index in [4.69, 9.17) is 10.1 Å². The summed E-state index contributed by atoms with van der Waals surface area (Å²) >= 11 is 0. The molecule has 2 aliphatic carbocycles. The number of carbonyl (C=O) groups excluding carboxylic acids is 1. The third-order valence-corrected chi connectivity index (χ3v) is 3.40. The number of hydrogen-bond acceptors (Lipinski definition) is 4. The lowest BCUT2D eigenvalue weighted by Crippen LogP contribution is -2.20. The molecule has 0 aromatic heterocycles. The Balaban J connectivity index is 2.04. The number of rotatable bonds is 3. The molecular weight excluding hydrogens is 240 g/mol. The molecule has 0 radical (unpaired) electrons. The summed E-state index contributed by atoms with van der Waals surface area (Å²) in [5, 5.41) is 7.95. The van der Waals surface area contributed by atoms with Crippen molar-refractivity contribution in [2.45, 2.75) is 45.1 Å². The zero-order valence-corrected chi connectivity index (χ0v) is 11.3. The molecule has 1 fully saturated rings. The van der Waals surface area contributed by atoms with Gasteiger partial charge in [0.2, 0.25) is 0 Å². The van der Waals surface area contributed by atoms with Gasteiger partial charge in [0.25, 0.3) is 0 Å². The first kappa shape index (κ1) is 13.7. The second kappa shape index (κ2) is 6.45. The van der Waals surface area contributed by atoms with Gasteiger partial charge in [0.05, 0.1) is 29.6 Å². The van der Waals surface area contributed by atoms with E-state index in [1.165, 1.54) is 19.3 Å². The van der Waals surface area contributed by atoms with Gasteiger partial charge >= 0.3 is 5.97 Å². The summed E-state index contributed by atoms with van der Waals surface area (Å²) in [4.78, 5) is 16.2. The van der Waals surface area contributed by atoms with E-state index in [0.29, 0.717) is 29.6 Å². The molecule has 2 rings (SSSR count). The Morgan fingerprint density at radius 3 is 2.74 bits per heavy atom. The number of nitrogens with zero attached hydrogens (tertiary/aromatic N) is 1. The van der Waals surface area contributed by atoms with Gasteiger partial charge < -0.3 is 4.74 Å². The molecule has 0 aromatic rings. The molecule has 0 saturated heterocycles. The molecule has 0 heterocycles. The molecule has 0 spiro atoms. The molecule has 0 aliphatic heterocycles. The maximum absolute atomic E-state index is 11.6. The lowest BCUT2D eigenvalue weighted by Gasteiger charge is -2.19. The van der Waals surface area contributed by atoms with E-state index in [-0.39, 0.29) is 5.97 Å². The van der Waals surface area contributed by atoms with Crippen molar-refractivity contribution in [3.05, 3.63) is 23.8 Å². The zero-order valence-electron chi connectivity index (χ0n) is 11.3. The van der Waals surface area contributed by atoms with Crippen molar-refractivity contribution in [2.24, 2.45) is 4.99 Å². The molecule has 19 heavy (non-hydrogen) atoms. The molecule has 0 bridgehead atoms. The molecule has 2 aliphatic rings. The van der Waals surface area contributed by atoms with Crippen LogP contribution in [0, 0.1) is 5.41 Å². The van der Waals surface area contributed by atoms with Crippen molar-refractivity contribution >= 4 is 17.4 Å². The first-order chi connectivity index (χ1) is 9.20. The first-order valence-corrected chi connectivity index (χ1v) is 6.94. The summed E-state index contributed by atoms with van der Waals surface area (Å²) in [6.07, 6.45) is 10.9. The van der Waals surface area contributed by atoms with Gasteiger partial charge in [-0.2, -0.15) is 0 Å². The van der Waals surface area contributed by atoms with Crippen molar-refractivity contribution in [3.63, 3.8) is 0 Å². The van der Waals surface area contributed by atoms with Gasteiger partial charge in [-0.15, -0.1) is 0 Å². The number of aliphatic imine (C=N–C) groups is 1. The Kier molecular flexibility index (Phi) is 4.66. The Labute approximate surface area is 113 Å². The molecule has 1 saturated carbocycles. The first-order valence-electron chi connectivity index (χ1n) is 6.94. The Morgan fingerprint density at radius 2 is 2.11 bits per heavy atom. The monoisotopic (exact) mass is 260 g/mol. The van der Waals surface area contributed by atoms with E-state index in [1.54, 1.807) is 25.2 Å². The van der Waals surface area contributed by atoms with Crippen LogP contribution in [0.2, 0.25) is 0 Å². The molecule has 0 unspecified atom stereocenters. The quantitative estimate of drug-likeness (QED) is 0.626. The van der Waals surface area contributed by atoms with Crippen LogP contribution in [0.25, 0.3) is 0 Å². The molecular formula is C15H20N2O2. The van der Waals surface area contributed by atoms with Gasteiger partial charge in [0.15, 0.2) is 0 Å². The van der Waals surface area contributed by atoms with Gasteiger partial charge in [-0.05, 0) is 38.0 Å². The fourth-order valence-electron chi connectivity index (χ4n) is 2.40. The smallest absolute Gasteiger partial charge is 0.338 e. The van der Waals surface area contributed by atoms with E-state index < -0.39 is 0 Å².